The SMILES string of the molecule is COC(=O)/C=C/C(=C/C1C(=O)c2ccc(OC)cc2OC1(C)C)C(=O)OC. The summed E-state index contributed by atoms with van der Waals surface area (Å²) in [6.45, 7) is 3.49. The topological polar surface area (TPSA) is 88.1 Å². The van der Waals surface area contributed by atoms with Crippen molar-refractivity contribution in [2.75, 3.05) is 21.3 Å². The summed E-state index contributed by atoms with van der Waals surface area (Å²) in [5.74, 6) is -1.31. The van der Waals surface area contributed by atoms with Crippen LogP contribution in [-0.2, 0) is 19.1 Å². The van der Waals surface area contributed by atoms with Crippen molar-refractivity contribution >= 4 is 17.7 Å². The minimum atomic E-state index is -0.936. The maximum atomic E-state index is 13.0. The summed E-state index contributed by atoms with van der Waals surface area (Å²) >= 11 is 0. The van der Waals surface area contributed by atoms with Crippen molar-refractivity contribution in [1.82, 2.24) is 0 Å². The molecule has 1 heterocycles. The standard InChI is InChI=1S/C20H22O7/c1-20(2)15(10-12(19(23)26-5)6-9-17(21)25-4)18(22)14-8-7-13(24-3)11-16(14)27-20/h6-11,15H,1-5H3/b9-6+,12-10-. The minimum Gasteiger partial charge on any atom is -0.497 e. The first-order valence-corrected chi connectivity index (χ1v) is 8.21. The van der Waals surface area contributed by atoms with E-state index in [0.29, 0.717) is 17.1 Å². The lowest BCUT2D eigenvalue weighted by atomic mass is 9.80. The van der Waals surface area contributed by atoms with Crippen molar-refractivity contribution in [2.45, 2.75) is 19.4 Å². The fourth-order valence-corrected chi connectivity index (χ4v) is 2.74. The third kappa shape index (κ3) is 4.36. The zero-order valence-electron chi connectivity index (χ0n) is 15.9. The molecule has 1 aliphatic heterocycles. The fourth-order valence-electron chi connectivity index (χ4n) is 2.74. The number of carbonyl (C=O) groups excluding carboxylic acids is 3. The van der Waals surface area contributed by atoms with Gasteiger partial charge in [0, 0.05) is 12.1 Å². The normalized spacial score (nSPS) is 18.5. The number of fused-ring (bicyclic) bond motifs is 1. The van der Waals surface area contributed by atoms with Crippen LogP contribution in [0.4, 0.5) is 0 Å². The van der Waals surface area contributed by atoms with Gasteiger partial charge in [-0.1, -0.05) is 6.08 Å². The van der Waals surface area contributed by atoms with E-state index in [1.807, 2.05) is 0 Å². The van der Waals surface area contributed by atoms with E-state index >= 15 is 0 Å². The van der Waals surface area contributed by atoms with E-state index in [4.69, 9.17) is 14.2 Å². The van der Waals surface area contributed by atoms with E-state index in [1.54, 1.807) is 32.0 Å². The van der Waals surface area contributed by atoms with Gasteiger partial charge in [-0.05, 0) is 32.1 Å². The highest BCUT2D eigenvalue weighted by Crippen LogP contribution is 2.39. The first-order valence-electron chi connectivity index (χ1n) is 8.21. The van der Waals surface area contributed by atoms with Gasteiger partial charge in [-0.15, -0.1) is 0 Å². The zero-order valence-corrected chi connectivity index (χ0v) is 15.9. The van der Waals surface area contributed by atoms with Gasteiger partial charge in [0.05, 0.1) is 38.4 Å². The Morgan fingerprint density at radius 3 is 2.41 bits per heavy atom. The van der Waals surface area contributed by atoms with Crippen LogP contribution in [0.25, 0.3) is 0 Å². The number of ketones is 1. The molecule has 0 fully saturated rings. The molecule has 1 unspecified atom stereocenters. The molecule has 0 saturated heterocycles. The Labute approximate surface area is 157 Å². The van der Waals surface area contributed by atoms with Gasteiger partial charge in [-0.25, -0.2) is 9.59 Å². The van der Waals surface area contributed by atoms with Gasteiger partial charge in [0.15, 0.2) is 5.78 Å². The first-order chi connectivity index (χ1) is 12.7. The lowest BCUT2D eigenvalue weighted by molar-refractivity contribution is -0.135. The molecule has 0 amide bonds. The molecule has 1 atom stereocenters. The highest BCUT2D eigenvalue weighted by atomic mass is 16.5. The minimum absolute atomic E-state index is 0.0508. The van der Waals surface area contributed by atoms with Crippen LogP contribution in [0.3, 0.4) is 0 Å². The summed E-state index contributed by atoms with van der Waals surface area (Å²) in [7, 11) is 3.97. The van der Waals surface area contributed by atoms with Crippen LogP contribution in [0.2, 0.25) is 0 Å². The molecule has 1 aromatic carbocycles. The van der Waals surface area contributed by atoms with Crippen molar-refractivity contribution in [1.29, 1.82) is 0 Å². The number of benzene rings is 1. The quantitative estimate of drug-likeness (QED) is 0.444. The van der Waals surface area contributed by atoms with E-state index in [0.717, 1.165) is 6.08 Å². The Morgan fingerprint density at radius 2 is 1.81 bits per heavy atom. The number of ether oxygens (including phenoxy) is 4. The second kappa shape index (κ2) is 8.07. The summed E-state index contributed by atoms with van der Waals surface area (Å²) in [5.41, 5.74) is -0.498. The van der Waals surface area contributed by atoms with Crippen LogP contribution in [-0.4, -0.2) is 44.7 Å². The lowest BCUT2D eigenvalue weighted by Gasteiger charge is -2.37. The van der Waals surface area contributed by atoms with Crippen molar-refractivity contribution in [2.24, 2.45) is 5.92 Å². The largest absolute Gasteiger partial charge is 0.497 e. The van der Waals surface area contributed by atoms with Crippen molar-refractivity contribution < 1.29 is 33.3 Å². The van der Waals surface area contributed by atoms with Gasteiger partial charge in [-0.3, -0.25) is 4.79 Å². The van der Waals surface area contributed by atoms with Crippen molar-refractivity contribution in [3.05, 3.63) is 47.6 Å². The Balaban J connectivity index is 2.48. The molecule has 1 aliphatic rings. The molecule has 0 radical (unpaired) electrons. The van der Waals surface area contributed by atoms with Gasteiger partial charge in [0.1, 0.15) is 17.1 Å². The van der Waals surface area contributed by atoms with Gasteiger partial charge in [0.25, 0.3) is 0 Å². The summed E-state index contributed by atoms with van der Waals surface area (Å²) in [5, 5.41) is 0. The number of rotatable bonds is 5. The van der Waals surface area contributed by atoms with Crippen LogP contribution in [0, 0.1) is 5.92 Å². The zero-order chi connectivity index (χ0) is 20.2. The highest BCUT2D eigenvalue weighted by Gasteiger charge is 2.42. The predicted molar refractivity (Wildman–Crippen MR) is 96.8 cm³/mol. The monoisotopic (exact) mass is 374 g/mol. The lowest BCUT2D eigenvalue weighted by Crippen LogP contribution is -2.45. The van der Waals surface area contributed by atoms with E-state index in [-0.39, 0.29) is 11.4 Å². The second-order valence-electron chi connectivity index (χ2n) is 6.38. The van der Waals surface area contributed by atoms with E-state index in [1.165, 1.54) is 33.5 Å². The molecular formula is C20H22O7. The molecule has 7 nitrogen and oxygen atoms in total. The second-order valence-corrected chi connectivity index (χ2v) is 6.38. The molecule has 7 heteroatoms. The van der Waals surface area contributed by atoms with E-state index in [9.17, 15) is 14.4 Å². The molecule has 144 valence electrons. The predicted octanol–water partition coefficient (Wildman–Crippen LogP) is 2.49. The Hall–Kier alpha value is -3.09. The summed E-state index contributed by atoms with van der Waals surface area (Å²) in [6.07, 6.45) is 3.79. The molecule has 27 heavy (non-hydrogen) atoms. The number of esters is 2. The molecule has 0 bridgehead atoms. The van der Waals surface area contributed by atoms with Gasteiger partial charge in [-0.2, -0.15) is 0 Å². The number of Topliss-reactive ketones (excluding diaryl/α,β-unsaturated/α-hetero) is 1. The molecule has 0 N–H and O–H groups in total. The molecule has 2 rings (SSSR count). The van der Waals surface area contributed by atoms with Gasteiger partial charge >= 0.3 is 11.9 Å². The summed E-state index contributed by atoms with van der Waals surface area (Å²) in [4.78, 5) is 36.5. The number of hydrogen-bond donors (Lipinski definition) is 0. The molecule has 0 aromatic heterocycles. The van der Waals surface area contributed by atoms with Gasteiger partial charge in [0.2, 0.25) is 0 Å². The molecule has 0 spiro atoms. The first kappa shape index (κ1) is 20.2. The maximum Gasteiger partial charge on any atom is 0.337 e. The molecule has 0 aliphatic carbocycles. The van der Waals surface area contributed by atoms with Crippen LogP contribution < -0.4 is 9.47 Å². The Bertz CT molecular complexity index is 818. The van der Waals surface area contributed by atoms with E-state index in [2.05, 4.69) is 4.74 Å². The van der Waals surface area contributed by atoms with Crippen LogP contribution in [0.15, 0.2) is 42.0 Å². The van der Waals surface area contributed by atoms with Gasteiger partial charge < -0.3 is 18.9 Å². The third-order valence-corrected chi connectivity index (χ3v) is 4.23. The van der Waals surface area contributed by atoms with Crippen LogP contribution in [0.1, 0.15) is 24.2 Å². The third-order valence-electron chi connectivity index (χ3n) is 4.23. The number of hydrogen-bond acceptors (Lipinski definition) is 7. The van der Waals surface area contributed by atoms with E-state index < -0.39 is 23.5 Å². The highest BCUT2D eigenvalue weighted by molar-refractivity contribution is 6.04. The van der Waals surface area contributed by atoms with Crippen LogP contribution >= 0.6 is 0 Å². The Kier molecular flexibility index (Phi) is 6.05. The average Bonchev–Trinajstić information content (AvgIpc) is 2.65. The smallest absolute Gasteiger partial charge is 0.337 e. The Morgan fingerprint density at radius 1 is 1.11 bits per heavy atom. The fraction of sp³-hybridized carbons (Fsp3) is 0.350. The van der Waals surface area contributed by atoms with Crippen LogP contribution in [0.5, 0.6) is 11.5 Å². The summed E-state index contributed by atoms with van der Waals surface area (Å²) < 4.78 is 20.4. The summed E-state index contributed by atoms with van der Waals surface area (Å²) in [6, 6.07) is 4.93. The number of carbonyl (C=O) groups is 3. The molecule has 1 aromatic rings. The molecular weight excluding hydrogens is 352 g/mol. The molecule has 0 saturated carbocycles. The van der Waals surface area contributed by atoms with Crippen molar-refractivity contribution in [3.8, 4) is 11.5 Å². The van der Waals surface area contributed by atoms with Crippen molar-refractivity contribution in [3.63, 3.8) is 0 Å². The number of methoxy groups -OCH3 is 3. The average molecular weight is 374 g/mol. The maximum absolute atomic E-state index is 13.0.